The van der Waals surface area contributed by atoms with E-state index in [1.807, 2.05) is 13.8 Å². The van der Waals surface area contributed by atoms with Crippen LogP contribution in [0.1, 0.15) is 24.1 Å². The lowest BCUT2D eigenvalue weighted by Crippen LogP contribution is -2.39. The number of nitrogens with one attached hydrogen (secondary N) is 1. The Morgan fingerprint density at radius 2 is 1.95 bits per heavy atom. The second kappa shape index (κ2) is 5.70. The smallest absolute Gasteiger partial charge is 0.243 e. The van der Waals surface area contributed by atoms with Crippen molar-refractivity contribution in [2.45, 2.75) is 38.8 Å². The number of aromatic hydroxyl groups is 1. The van der Waals surface area contributed by atoms with Crippen LogP contribution in [-0.4, -0.2) is 37.5 Å². The molecule has 3 rings (SSSR count). The van der Waals surface area contributed by atoms with Crippen LogP contribution >= 0.6 is 11.6 Å². The average Bonchev–Trinajstić information content (AvgIpc) is 2.38. The van der Waals surface area contributed by atoms with Crippen molar-refractivity contribution < 1.29 is 10.2 Å². The zero-order chi connectivity index (χ0) is 15.9. The highest BCUT2D eigenvalue weighted by Gasteiger charge is 2.28. The van der Waals surface area contributed by atoms with Crippen molar-refractivity contribution in [3.05, 3.63) is 28.4 Å². The predicted molar refractivity (Wildman–Crippen MR) is 84.1 cm³/mol. The molecule has 0 bridgehead atoms. The maximum Gasteiger partial charge on any atom is 0.243 e. The molecule has 0 atom stereocenters. The van der Waals surface area contributed by atoms with Gasteiger partial charge in [0, 0.05) is 16.6 Å². The number of aliphatic hydroxyl groups is 1. The molecule has 22 heavy (non-hydrogen) atoms. The first-order valence-corrected chi connectivity index (χ1v) is 7.47. The number of hydrogen-bond acceptors (Lipinski definition) is 6. The molecule has 3 N–H and O–H groups in total. The second-order valence-corrected chi connectivity index (χ2v) is 6.09. The van der Waals surface area contributed by atoms with Crippen molar-refractivity contribution in [3.8, 4) is 17.0 Å². The van der Waals surface area contributed by atoms with Crippen molar-refractivity contribution >= 4 is 17.5 Å². The lowest BCUT2D eigenvalue weighted by molar-refractivity contribution is 0.0833. The molecule has 2 aromatic rings. The van der Waals surface area contributed by atoms with Crippen molar-refractivity contribution in [2.75, 3.05) is 5.32 Å². The molecular weight excluding hydrogens is 304 g/mol. The topological polar surface area (TPSA) is 91.2 Å². The van der Waals surface area contributed by atoms with Crippen LogP contribution < -0.4 is 5.32 Å². The Labute approximate surface area is 133 Å². The minimum Gasteiger partial charge on any atom is -0.507 e. The van der Waals surface area contributed by atoms with Gasteiger partial charge in [-0.3, -0.25) is 0 Å². The zero-order valence-electron chi connectivity index (χ0n) is 12.3. The fourth-order valence-electron chi connectivity index (χ4n) is 2.62. The molecule has 1 heterocycles. The third-order valence-corrected chi connectivity index (χ3v) is 4.04. The molecule has 1 aromatic carbocycles. The van der Waals surface area contributed by atoms with Gasteiger partial charge < -0.3 is 15.5 Å². The van der Waals surface area contributed by atoms with E-state index in [1.165, 1.54) is 6.07 Å². The van der Waals surface area contributed by atoms with E-state index in [9.17, 15) is 10.2 Å². The summed E-state index contributed by atoms with van der Waals surface area (Å²) in [5.74, 6) is 0.497. The standard InChI is InChI=1S/C15H17ClN4O2/c1-7-3-9(16)4-12(22)13(7)14-8(2)17-15(20-19-14)18-10-5-11(21)6-10/h3-4,10-11,21-22H,5-6H2,1-2H3,(H,17,18,20). The van der Waals surface area contributed by atoms with E-state index in [4.69, 9.17) is 11.6 Å². The van der Waals surface area contributed by atoms with Gasteiger partial charge in [-0.2, -0.15) is 0 Å². The zero-order valence-corrected chi connectivity index (χ0v) is 13.1. The van der Waals surface area contributed by atoms with Crippen LogP contribution in [0.15, 0.2) is 12.1 Å². The first-order chi connectivity index (χ1) is 10.4. The van der Waals surface area contributed by atoms with Gasteiger partial charge in [-0.05, 0) is 44.4 Å². The van der Waals surface area contributed by atoms with Crippen LogP contribution in [0, 0.1) is 13.8 Å². The molecule has 0 amide bonds. The first-order valence-electron chi connectivity index (χ1n) is 7.09. The lowest BCUT2D eigenvalue weighted by atomic mass is 9.90. The van der Waals surface area contributed by atoms with Gasteiger partial charge in [0.05, 0.1) is 11.8 Å². The number of aromatic nitrogens is 3. The summed E-state index contributed by atoms with van der Waals surface area (Å²) in [6.45, 7) is 3.67. The van der Waals surface area contributed by atoms with Crippen molar-refractivity contribution in [1.29, 1.82) is 0 Å². The number of rotatable bonds is 3. The summed E-state index contributed by atoms with van der Waals surface area (Å²) < 4.78 is 0. The van der Waals surface area contributed by atoms with E-state index >= 15 is 0 Å². The third kappa shape index (κ3) is 2.84. The predicted octanol–water partition coefficient (Wildman–Crippen LogP) is 2.45. The summed E-state index contributed by atoms with van der Waals surface area (Å²) in [6, 6.07) is 3.43. The molecular formula is C15H17ClN4O2. The number of halogens is 1. The van der Waals surface area contributed by atoms with E-state index in [1.54, 1.807) is 6.07 Å². The molecule has 0 radical (unpaired) electrons. The van der Waals surface area contributed by atoms with Gasteiger partial charge in [0.15, 0.2) is 0 Å². The number of phenolic OH excluding ortho intramolecular Hbond substituents is 1. The van der Waals surface area contributed by atoms with Gasteiger partial charge in [0.2, 0.25) is 5.95 Å². The number of hydrogen-bond donors (Lipinski definition) is 3. The fraction of sp³-hybridized carbons (Fsp3) is 0.400. The Morgan fingerprint density at radius 1 is 1.23 bits per heavy atom. The van der Waals surface area contributed by atoms with Crippen LogP contribution in [0.2, 0.25) is 5.02 Å². The molecule has 1 saturated carbocycles. The summed E-state index contributed by atoms with van der Waals surface area (Å²) >= 11 is 5.92. The maximum atomic E-state index is 10.1. The molecule has 7 heteroatoms. The monoisotopic (exact) mass is 320 g/mol. The van der Waals surface area contributed by atoms with E-state index in [0.29, 0.717) is 40.8 Å². The molecule has 1 aliphatic carbocycles. The highest BCUT2D eigenvalue weighted by molar-refractivity contribution is 6.31. The van der Waals surface area contributed by atoms with E-state index in [0.717, 1.165) is 5.56 Å². The molecule has 0 unspecified atom stereocenters. The molecule has 0 spiro atoms. The van der Waals surface area contributed by atoms with Gasteiger partial charge in [-0.25, -0.2) is 4.98 Å². The summed E-state index contributed by atoms with van der Waals surface area (Å²) in [4.78, 5) is 4.39. The SMILES string of the molecule is Cc1cc(Cl)cc(O)c1-c1nnc(NC2CC(O)C2)nc1C. The first kappa shape index (κ1) is 15.0. The number of anilines is 1. The Kier molecular flexibility index (Phi) is 3.88. The van der Waals surface area contributed by atoms with E-state index < -0.39 is 0 Å². The minimum absolute atomic E-state index is 0.0621. The number of aryl methyl sites for hydroxylation is 2. The molecule has 0 aliphatic heterocycles. The van der Waals surface area contributed by atoms with Crippen molar-refractivity contribution in [3.63, 3.8) is 0 Å². The molecule has 1 aromatic heterocycles. The van der Waals surface area contributed by atoms with Crippen molar-refractivity contribution in [1.82, 2.24) is 15.2 Å². The van der Waals surface area contributed by atoms with E-state index in [2.05, 4.69) is 20.5 Å². The normalized spacial score (nSPS) is 20.5. The van der Waals surface area contributed by atoms with Crippen LogP contribution in [0.3, 0.4) is 0 Å². The average molecular weight is 321 g/mol. The summed E-state index contributed by atoms with van der Waals surface area (Å²) in [6.07, 6.45) is 1.15. The van der Waals surface area contributed by atoms with E-state index in [-0.39, 0.29) is 17.9 Å². The summed E-state index contributed by atoms with van der Waals surface area (Å²) in [5.41, 5.74) is 2.60. The highest BCUT2D eigenvalue weighted by Crippen LogP contribution is 2.35. The van der Waals surface area contributed by atoms with Crippen molar-refractivity contribution in [2.24, 2.45) is 0 Å². The highest BCUT2D eigenvalue weighted by atomic mass is 35.5. The number of aliphatic hydroxyl groups excluding tert-OH is 1. The summed E-state index contributed by atoms with van der Waals surface area (Å²) in [5, 5.41) is 31.3. The third-order valence-electron chi connectivity index (χ3n) is 3.82. The lowest BCUT2D eigenvalue weighted by Gasteiger charge is -2.31. The number of nitrogens with zero attached hydrogens (tertiary/aromatic N) is 3. The molecule has 6 nitrogen and oxygen atoms in total. The van der Waals surface area contributed by atoms with Gasteiger partial charge in [-0.15, -0.1) is 10.2 Å². The second-order valence-electron chi connectivity index (χ2n) is 5.65. The molecule has 1 fully saturated rings. The van der Waals surface area contributed by atoms with Gasteiger partial charge in [0.1, 0.15) is 11.4 Å². The Morgan fingerprint density at radius 3 is 2.55 bits per heavy atom. The fourth-order valence-corrected chi connectivity index (χ4v) is 2.88. The Balaban J connectivity index is 1.89. The Bertz CT molecular complexity index is 694. The maximum absolute atomic E-state index is 10.1. The van der Waals surface area contributed by atoms with Gasteiger partial charge >= 0.3 is 0 Å². The Hall–Kier alpha value is -1.92. The van der Waals surface area contributed by atoms with Crippen LogP contribution in [-0.2, 0) is 0 Å². The quantitative estimate of drug-likeness (QED) is 0.804. The molecule has 1 aliphatic rings. The van der Waals surface area contributed by atoms with Crippen LogP contribution in [0.5, 0.6) is 5.75 Å². The summed E-state index contributed by atoms with van der Waals surface area (Å²) in [7, 11) is 0. The molecule has 116 valence electrons. The largest absolute Gasteiger partial charge is 0.507 e. The van der Waals surface area contributed by atoms with Crippen LogP contribution in [0.4, 0.5) is 5.95 Å². The van der Waals surface area contributed by atoms with Gasteiger partial charge in [0.25, 0.3) is 0 Å². The van der Waals surface area contributed by atoms with Crippen LogP contribution in [0.25, 0.3) is 11.3 Å². The van der Waals surface area contributed by atoms with Gasteiger partial charge in [-0.1, -0.05) is 11.6 Å². The molecule has 0 saturated heterocycles. The number of benzene rings is 1. The minimum atomic E-state index is -0.237. The number of phenols is 1.